The summed E-state index contributed by atoms with van der Waals surface area (Å²) in [7, 11) is 0. The largest absolute Gasteiger partial charge is 0.354 e. The summed E-state index contributed by atoms with van der Waals surface area (Å²) in [5, 5.41) is 6.78. The molecule has 1 amide bonds. The maximum Gasteiger partial charge on any atom is 0.237 e. The van der Waals surface area contributed by atoms with E-state index < -0.39 is 0 Å². The maximum atomic E-state index is 14.0. The number of amides is 1. The second-order valence-electron chi connectivity index (χ2n) is 6.84. The molecule has 3 rings (SSSR count). The zero-order valence-electron chi connectivity index (χ0n) is 13.9. The van der Waals surface area contributed by atoms with Crippen LogP contribution in [0.4, 0.5) is 4.39 Å². The Hall–Kier alpha value is -1.17. The smallest absolute Gasteiger partial charge is 0.237 e. The Morgan fingerprint density at radius 2 is 2.25 bits per heavy atom. The molecule has 1 aromatic carbocycles. The van der Waals surface area contributed by atoms with Crippen LogP contribution in [-0.2, 0) is 11.3 Å². The Morgan fingerprint density at radius 1 is 1.38 bits per heavy atom. The minimum Gasteiger partial charge on any atom is -0.354 e. The fourth-order valence-electron chi connectivity index (χ4n) is 3.64. The summed E-state index contributed by atoms with van der Waals surface area (Å²) in [6, 6.07) is 4.79. The van der Waals surface area contributed by atoms with E-state index in [0.717, 1.165) is 45.3 Å². The molecule has 0 bridgehead atoms. The minimum atomic E-state index is -0.245. The number of likely N-dealkylation sites (tertiary alicyclic amines) is 1. The van der Waals surface area contributed by atoms with E-state index in [9.17, 15) is 9.18 Å². The van der Waals surface area contributed by atoms with Gasteiger partial charge in [0.15, 0.2) is 0 Å². The van der Waals surface area contributed by atoms with Crippen molar-refractivity contribution < 1.29 is 9.18 Å². The summed E-state index contributed by atoms with van der Waals surface area (Å²) < 4.78 is 14.0. The van der Waals surface area contributed by atoms with Gasteiger partial charge in [0.25, 0.3) is 0 Å². The van der Waals surface area contributed by atoms with Crippen LogP contribution < -0.4 is 10.6 Å². The third-order valence-electron chi connectivity index (χ3n) is 4.99. The van der Waals surface area contributed by atoms with E-state index in [2.05, 4.69) is 15.5 Å². The predicted octanol–water partition coefficient (Wildman–Crippen LogP) is 2.56. The number of piperidine rings is 1. The molecule has 2 N–H and O–H groups in total. The van der Waals surface area contributed by atoms with Crippen LogP contribution in [0.25, 0.3) is 0 Å². The Balaban J connectivity index is 1.50. The molecule has 2 atom stereocenters. The molecule has 2 unspecified atom stereocenters. The highest BCUT2D eigenvalue weighted by molar-refractivity contribution is 6.31. The molecule has 24 heavy (non-hydrogen) atoms. The van der Waals surface area contributed by atoms with Gasteiger partial charge in [-0.3, -0.25) is 9.69 Å². The summed E-state index contributed by atoms with van der Waals surface area (Å²) in [5.41, 5.74) is 0.569. The average Bonchev–Trinajstić information content (AvgIpc) is 3.11. The van der Waals surface area contributed by atoms with Crippen LogP contribution in [0.15, 0.2) is 18.2 Å². The number of halogens is 2. The van der Waals surface area contributed by atoms with Crippen LogP contribution in [0.5, 0.6) is 0 Å². The van der Waals surface area contributed by atoms with Gasteiger partial charge in [0.05, 0.1) is 6.04 Å². The number of nitrogens with one attached hydrogen (secondary N) is 2. The van der Waals surface area contributed by atoms with Gasteiger partial charge >= 0.3 is 0 Å². The number of hydrogen-bond acceptors (Lipinski definition) is 3. The highest BCUT2D eigenvalue weighted by Gasteiger charge is 2.25. The molecule has 2 heterocycles. The summed E-state index contributed by atoms with van der Waals surface area (Å²) in [5.74, 6) is 0.279. The van der Waals surface area contributed by atoms with Gasteiger partial charge in [-0.25, -0.2) is 4.39 Å². The zero-order valence-corrected chi connectivity index (χ0v) is 14.6. The van der Waals surface area contributed by atoms with Crippen molar-refractivity contribution in [3.05, 3.63) is 34.6 Å². The molecule has 1 aromatic rings. The standard InChI is InChI=1S/C18H25ClFN3O/c19-15-5-1-6-16(20)14(15)12-23-9-3-4-13(11-23)10-22-18(24)17-7-2-8-21-17/h1,5-6,13,17,21H,2-4,7-12H2,(H,22,24). The lowest BCUT2D eigenvalue weighted by Gasteiger charge is -2.33. The third-order valence-corrected chi connectivity index (χ3v) is 5.34. The Labute approximate surface area is 147 Å². The fraction of sp³-hybridized carbons (Fsp3) is 0.611. The van der Waals surface area contributed by atoms with Gasteiger partial charge in [-0.15, -0.1) is 0 Å². The van der Waals surface area contributed by atoms with Crippen molar-refractivity contribution in [2.45, 2.75) is 38.3 Å². The van der Waals surface area contributed by atoms with Gasteiger partial charge in [0, 0.05) is 30.2 Å². The quantitative estimate of drug-likeness (QED) is 0.855. The van der Waals surface area contributed by atoms with Crippen LogP contribution in [-0.4, -0.2) is 43.0 Å². The van der Waals surface area contributed by atoms with Gasteiger partial charge in [-0.05, 0) is 56.8 Å². The van der Waals surface area contributed by atoms with E-state index >= 15 is 0 Å². The van der Waals surface area contributed by atoms with E-state index in [1.807, 2.05) is 0 Å². The van der Waals surface area contributed by atoms with Crippen LogP contribution in [0, 0.1) is 11.7 Å². The lowest BCUT2D eigenvalue weighted by molar-refractivity contribution is -0.123. The Bertz CT molecular complexity index is 557. The molecule has 0 aromatic heterocycles. The second-order valence-corrected chi connectivity index (χ2v) is 7.24. The molecule has 0 spiro atoms. The SMILES string of the molecule is O=C(NCC1CCCN(Cc2c(F)cccc2Cl)C1)C1CCCN1. The van der Waals surface area contributed by atoms with E-state index in [4.69, 9.17) is 11.6 Å². The molecule has 0 aliphatic carbocycles. The zero-order chi connectivity index (χ0) is 16.9. The first kappa shape index (κ1) is 17.6. The molecule has 0 saturated carbocycles. The molecule has 4 nitrogen and oxygen atoms in total. The van der Waals surface area contributed by atoms with Crippen molar-refractivity contribution in [2.75, 3.05) is 26.2 Å². The molecule has 6 heteroatoms. The summed E-state index contributed by atoms with van der Waals surface area (Å²) in [6.07, 6.45) is 4.15. The first-order valence-corrected chi connectivity index (χ1v) is 9.17. The summed E-state index contributed by atoms with van der Waals surface area (Å²) in [6.45, 7) is 3.96. The third kappa shape index (κ3) is 4.47. The van der Waals surface area contributed by atoms with Gasteiger partial charge in [-0.2, -0.15) is 0 Å². The van der Waals surface area contributed by atoms with Crippen molar-refractivity contribution in [3.63, 3.8) is 0 Å². The molecular weight excluding hydrogens is 329 g/mol. The van der Waals surface area contributed by atoms with E-state index in [1.165, 1.54) is 6.07 Å². The second kappa shape index (κ2) is 8.28. The maximum absolute atomic E-state index is 14.0. The van der Waals surface area contributed by atoms with Crippen molar-refractivity contribution in [1.29, 1.82) is 0 Å². The monoisotopic (exact) mass is 353 g/mol. The number of carbonyl (C=O) groups excluding carboxylic acids is 1. The summed E-state index contributed by atoms with van der Waals surface area (Å²) >= 11 is 6.13. The predicted molar refractivity (Wildman–Crippen MR) is 93.4 cm³/mol. The van der Waals surface area contributed by atoms with Crippen LogP contribution in [0.2, 0.25) is 5.02 Å². The molecule has 2 fully saturated rings. The summed E-state index contributed by atoms with van der Waals surface area (Å²) in [4.78, 5) is 14.3. The molecule has 2 aliphatic heterocycles. The lowest BCUT2D eigenvalue weighted by atomic mass is 9.97. The average molecular weight is 354 g/mol. The van der Waals surface area contributed by atoms with Gasteiger partial charge in [0.1, 0.15) is 5.82 Å². The van der Waals surface area contributed by atoms with Gasteiger partial charge < -0.3 is 10.6 Å². The van der Waals surface area contributed by atoms with Crippen LogP contribution in [0.3, 0.4) is 0 Å². The molecule has 132 valence electrons. The Morgan fingerprint density at radius 3 is 3.00 bits per heavy atom. The van der Waals surface area contributed by atoms with Crippen molar-refractivity contribution in [1.82, 2.24) is 15.5 Å². The van der Waals surface area contributed by atoms with Crippen molar-refractivity contribution in [2.24, 2.45) is 5.92 Å². The molecule has 2 aliphatic rings. The van der Waals surface area contributed by atoms with E-state index in [1.54, 1.807) is 12.1 Å². The van der Waals surface area contributed by atoms with Crippen LogP contribution >= 0.6 is 11.6 Å². The molecular formula is C18H25ClFN3O. The van der Waals surface area contributed by atoms with Gasteiger partial charge in [-0.1, -0.05) is 17.7 Å². The van der Waals surface area contributed by atoms with Crippen LogP contribution in [0.1, 0.15) is 31.2 Å². The molecule has 2 saturated heterocycles. The van der Waals surface area contributed by atoms with Crippen molar-refractivity contribution >= 4 is 17.5 Å². The minimum absolute atomic E-state index is 0.0260. The van der Waals surface area contributed by atoms with E-state index in [-0.39, 0.29) is 17.8 Å². The van der Waals surface area contributed by atoms with Crippen molar-refractivity contribution in [3.8, 4) is 0 Å². The number of carbonyl (C=O) groups is 1. The highest BCUT2D eigenvalue weighted by Crippen LogP contribution is 2.24. The lowest BCUT2D eigenvalue weighted by Crippen LogP contribution is -2.45. The normalized spacial score (nSPS) is 24.9. The number of rotatable bonds is 5. The first-order valence-electron chi connectivity index (χ1n) is 8.80. The highest BCUT2D eigenvalue weighted by atomic mass is 35.5. The fourth-order valence-corrected chi connectivity index (χ4v) is 3.87. The van der Waals surface area contributed by atoms with E-state index in [0.29, 0.717) is 29.6 Å². The molecule has 0 radical (unpaired) electrons. The number of benzene rings is 1. The first-order chi connectivity index (χ1) is 11.6. The van der Waals surface area contributed by atoms with Gasteiger partial charge in [0.2, 0.25) is 5.91 Å². The number of hydrogen-bond donors (Lipinski definition) is 2. The topological polar surface area (TPSA) is 44.4 Å². The number of nitrogens with zero attached hydrogens (tertiary/aromatic N) is 1. The Kier molecular flexibility index (Phi) is 6.09.